The molecule has 0 spiro atoms. The van der Waals surface area contributed by atoms with Crippen molar-refractivity contribution in [2.75, 3.05) is 20.3 Å². The zero-order valence-electron chi connectivity index (χ0n) is 30.3. The number of carbonyl (C=O) groups is 3. The Morgan fingerprint density at radius 2 is 1.50 bits per heavy atom. The van der Waals surface area contributed by atoms with Gasteiger partial charge < -0.3 is 48.5 Å². The second-order valence-electron chi connectivity index (χ2n) is 16.0. The molecule has 13 heteroatoms. The van der Waals surface area contributed by atoms with Gasteiger partial charge in [0.15, 0.2) is 24.8 Å². The zero-order chi connectivity index (χ0) is 36.9. The van der Waals surface area contributed by atoms with Crippen LogP contribution < -0.4 is 4.74 Å². The summed E-state index contributed by atoms with van der Waals surface area (Å²) in [6.45, 7) is 5.24. The first-order valence-corrected chi connectivity index (χ1v) is 18.7. The lowest BCUT2D eigenvalue weighted by Crippen LogP contribution is -2.62. The van der Waals surface area contributed by atoms with Crippen LogP contribution in [0.25, 0.3) is 0 Å². The molecule has 286 valence electrons. The molecule has 13 nitrogen and oxygen atoms in total. The van der Waals surface area contributed by atoms with Crippen molar-refractivity contribution < 1.29 is 62.9 Å². The molecule has 0 bridgehead atoms. The first kappa shape index (κ1) is 37.4. The van der Waals surface area contributed by atoms with Crippen molar-refractivity contribution >= 4 is 17.7 Å². The van der Waals surface area contributed by atoms with E-state index >= 15 is 0 Å². The number of hydrogen-bond donors (Lipinski definition) is 3. The summed E-state index contributed by atoms with van der Waals surface area (Å²) in [5, 5.41) is 32.4. The molecule has 14 atom stereocenters. The number of benzene rings is 1. The maximum atomic E-state index is 13.1. The van der Waals surface area contributed by atoms with E-state index in [0.29, 0.717) is 42.1 Å². The number of hydrogen-bond acceptors (Lipinski definition) is 13. The molecule has 1 aromatic rings. The summed E-state index contributed by atoms with van der Waals surface area (Å²) in [6, 6.07) is 6.13. The lowest BCUT2D eigenvalue weighted by atomic mass is 9.48. The predicted molar refractivity (Wildman–Crippen MR) is 182 cm³/mol. The Labute approximate surface area is 303 Å². The van der Waals surface area contributed by atoms with E-state index in [4.69, 9.17) is 33.2 Å². The number of ether oxygens (including phenoxy) is 7. The highest BCUT2D eigenvalue weighted by molar-refractivity contribution is 5.89. The summed E-state index contributed by atoms with van der Waals surface area (Å²) < 4.78 is 40.8. The van der Waals surface area contributed by atoms with Crippen LogP contribution in [0, 0.1) is 28.6 Å². The van der Waals surface area contributed by atoms with Crippen molar-refractivity contribution in [1.29, 1.82) is 0 Å². The van der Waals surface area contributed by atoms with Crippen LogP contribution in [0.3, 0.4) is 0 Å². The fourth-order valence-corrected chi connectivity index (χ4v) is 10.1. The smallest absolute Gasteiger partial charge is 0.338 e. The summed E-state index contributed by atoms with van der Waals surface area (Å²) in [5.74, 6) is 0.960. The van der Waals surface area contributed by atoms with Crippen molar-refractivity contribution in [2.24, 2.45) is 28.6 Å². The number of ketones is 1. The number of esters is 2. The van der Waals surface area contributed by atoms with Gasteiger partial charge in [0.1, 0.15) is 35.9 Å². The van der Waals surface area contributed by atoms with Crippen LogP contribution in [0.4, 0.5) is 0 Å². The second-order valence-corrected chi connectivity index (χ2v) is 16.0. The van der Waals surface area contributed by atoms with Crippen molar-refractivity contribution in [2.45, 2.75) is 127 Å². The molecule has 7 rings (SSSR count). The number of allylic oxidation sites excluding steroid dienone is 1. The van der Waals surface area contributed by atoms with Gasteiger partial charge in [0.2, 0.25) is 0 Å². The Hall–Kier alpha value is -2.91. The average molecular weight is 729 g/mol. The molecule has 0 aromatic heterocycles. The summed E-state index contributed by atoms with van der Waals surface area (Å²) >= 11 is 0. The monoisotopic (exact) mass is 728 g/mol. The number of aliphatic hydroxyl groups is 3. The summed E-state index contributed by atoms with van der Waals surface area (Å²) in [7, 11) is 1.49. The summed E-state index contributed by atoms with van der Waals surface area (Å²) in [5.41, 5.74) is 1.35. The van der Waals surface area contributed by atoms with Gasteiger partial charge in [-0.05, 0) is 92.4 Å². The molecule has 0 unspecified atom stereocenters. The Morgan fingerprint density at radius 3 is 2.21 bits per heavy atom. The van der Waals surface area contributed by atoms with E-state index < -0.39 is 61.1 Å². The van der Waals surface area contributed by atoms with Crippen LogP contribution >= 0.6 is 0 Å². The Morgan fingerprint density at radius 1 is 0.827 bits per heavy atom. The van der Waals surface area contributed by atoms with Crippen LogP contribution in [0.5, 0.6) is 5.75 Å². The number of Topliss-reactive ketones (excluding diaryl/α,β-unsaturated/α-hetero) is 1. The van der Waals surface area contributed by atoms with Gasteiger partial charge in [-0.25, -0.2) is 4.79 Å². The Kier molecular flexibility index (Phi) is 10.6. The van der Waals surface area contributed by atoms with E-state index in [0.717, 1.165) is 38.5 Å². The van der Waals surface area contributed by atoms with Crippen molar-refractivity contribution in [3.05, 3.63) is 41.5 Å². The van der Waals surface area contributed by atoms with E-state index in [2.05, 4.69) is 19.9 Å². The van der Waals surface area contributed by atoms with E-state index in [1.54, 1.807) is 12.1 Å². The van der Waals surface area contributed by atoms with Gasteiger partial charge in [-0.2, -0.15) is 0 Å². The van der Waals surface area contributed by atoms with E-state index in [-0.39, 0.29) is 35.7 Å². The molecular formula is C39H52O13. The molecule has 3 saturated carbocycles. The van der Waals surface area contributed by atoms with Gasteiger partial charge in [-0.1, -0.05) is 25.5 Å². The molecule has 4 aliphatic carbocycles. The van der Waals surface area contributed by atoms with Crippen LogP contribution in [-0.2, 0) is 38.0 Å². The number of fused-ring (bicyclic) bond motifs is 5. The number of carbonyl (C=O) groups excluding carboxylic acids is 3. The maximum Gasteiger partial charge on any atom is 0.338 e. The predicted octanol–water partition coefficient (Wildman–Crippen LogP) is 3.25. The van der Waals surface area contributed by atoms with Crippen LogP contribution in [-0.4, -0.2) is 109 Å². The standard InChI is InChI=1S/C39H52O13/c1-20(40)49-34-32(52-36-33(31(44)28(41)18-47-36)51-35(45)21-5-8-23(46-4)9-6-21)29(42)19-48-37(34)50-24-13-15-38(2)22(17-24)7-10-25-26-11-12-30(43)39(26,3)16-14-27(25)38/h5-9,24-29,31-34,36-37,41-42,44H,10-19H2,1-4H3/t24-,25-,26-,27-,28+,29-,31-,32-,33+,34+,36-,37-,38-,39-/m0/s1. The largest absolute Gasteiger partial charge is 0.497 e. The SMILES string of the molecule is COc1ccc(C(=O)O[C@H]2[C@H](O[C@@H]3[C@@H](OC(C)=O)[C@H](O[C@H]4CC[C@@]5(C)C(=CC[C@@H]6[C@@H]5CC[C@]5(C)C(=O)CC[C@@H]65)C4)OC[C@@H]3O)OC[C@@H](O)[C@@H]2O)cc1. The molecule has 2 aliphatic heterocycles. The minimum Gasteiger partial charge on any atom is -0.497 e. The highest BCUT2D eigenvalue weighted by atomic mass is 16.7. The zero-order valence-corrected chi connectivity index (χ0v) is 30.3. The third kappa shape index (κ3) is 6.82. The van der Waals surface area contributed by atoms with Crippen LogP contribution in [0.2, 0.25) is 0 Å². The number of aliphatic hydroxyl groups excluding tert-OH is 3. The number of rotatable bonds is 8. The van der Waals surface area contributed by atoms with Gasteiger partial charge in [0, 0.05) is 18.8 Å². The quantitative estimate of drug-likeness (QED) is 0.263. The van der Waals surface area contributed by atoms with E-state index in [1.165, 1.54) is 31.7 Å². The number of methoxy groups -OCH3 is 1. The van der Waals surface area contributed by atoms with Crippen molar-refractivity contribution in [1.82, 2.24) is 0 Å². The Balaban J connectivity index is 1.05. The molecule has 3 N–H and O–H groups in total. The Bertz CT molecular complexity index is 1530. The topological polar surface area (TPSA) is 177 Å². The minimum absolute atomic E-state index is 0.0162. The molecule has 1 aromatic carbocycles. The lowest BCUT2D eigenvalue weighted by Gasteiger charge is -2.57. The summed E-state index contributed by atoms with van der Waals surface area (Å²) in [4.78, 5) is 38.3. The molecule has 2 heterocycles. The minimum atomic E-state index is -1.58. The summed E-state index contributed by atoms with van der Waals surface area (Å²) in [6.07, 6.45) is -1.69. The normalized spacial score (nSPS) is 43.0. The van der Waals surface area contributed by atoms with Gasteiger partial charge >= 0.3 is 11.9 Å². The third-order valence-corrected chi connectivity index (χ3v) is 13.1. The van der Waals surface area contributed by atoms with Crippen LogP contribution in [0.15, 0.2) is 35.9 Å². The molecule has 0 radical (unpaired) electrons. The molecule has 6 aliphatic rings. The fraction of sp³-hybridized carbons (Fsp3) is 0.718. The van der Waals surface area contributed by atoms with Gasteiger partial charge in [-0.3, -0.25) is 9.59 Å². The van der Waals surface area contributed by atoms with Crippen molar-refractivity contribution in [3.63, 3.8) is 0 Å². The van der Waals surface area contributed by atoms with Gasteiger partial charge in [-0.15, -0.1) is 0 Å². The molecular weight excluding hydrogens is 676 g/mol. The third-order valence-electron chi connectivity index (χ3n) is 13.1. The van der Waals surface area contributed by atoms with Crippen molar-refractivity contribution in [3.8, 4) is 5.75 Å². The highest BCUT2D eigenvalue weighted by Gasteiger charge is 2.59. The average Bonchev–Trinajstić information content (AvgIpc) is 3.43. The van der Waals surface area contributed by atoms with Gasteiger partial charge in [0.05, 0.1) is 32.0 Å². The molecule has 5 fully saturated rings. The van der Waals surface area contributed by atoms with E-state index in [9.17, 15) is 29.7 Å². The lowest BCUT2D eigenvalue weighted by molar-refractivity contribution is -0.339. The first-order valence-electron chi connectivity index (χ1n) is 18.7. The molecule has 0 amide bonds. The van der Waals surface area contributed by atoms with Crippen LogP contribution in [0.1, 0.15) is 82.5 Å². The molecule has 52 heavy (non-hydrogen) atoms. The maximum absolute atomic E-state index is 13.1. The highest BCUT2D eigenvalue weighted by Crippen LogP contribution is 2.64. The fourth-order valence-electron chi connectivity index (χ4n) is 10.1. The first-order chi connectivity index (χ1) is 24.8. The molecule has 2 saturated heterocycles. The van der Waals surface area contributed by atoms with E-state index in [1.807, 2.05) is 0 Å². The second kappa shape index (κ2) is 14.7. The van der Waals surface area contributed by atoms with Gasteiger partial charge in [0.25, 0.3) is 0 Å².